The van der Waals surface area contributed by atoms with Gasteiger partial charge in [-0.05, 0) is 36.8 Å². The van der Waals surface area contributed by atoms with Gasteiger partial charge in [0.1, 0.15) is 0 Å². The Kier molecular flexibility index (Phi) is 3.84. The molecule has 3 nitrogen and oxygen atoms in total. The number of hydrogen-bond acceptors (Lipinski definition) is 2. The van der Waals surface area contributed by atoms with Gasteiger partial charge in [0, 0.05) is 30.7 Å². The third-order valence-corrected chi connectivity index (χ3v) is 4.01. The molecule has 0 aromatic heterocycles. The number of rotatable bonds is 1. The topological polar surface area (TPSA) is 23.6 Å². The lowest BCUT2D eigenvalue weighted by Gasteiger charge is -2.24. The van der Waals surface area contributed by atoms with Gasteiger partial charge >= 0.3 is 0 Å². The normalized spacial score (nSPS) is 14.6. The predicted octanol–water partition coefficient (Wildman–Crippen LogP) is 3.83. The maximum absolute atomic E-state index is 12.8. The lowest BCUT2D eigenvalue weighted by Crippen LogP contribution is -2.31. The number of nitrogens with zero attached hydrogens (tertiary/aromatic N) is 2. The predicted molar refractivity (Wildman–Crippen MR) is 87.5 cm³/mol. The van der Waals surface area contributed by atoms with Crippen LogP contribution in [0.2, 0.25) is 5.02 Å². The average molecular weight is 301 g/mol. The molecule has 0 bridgehead atoms. The van der Waals surface area contributed by atoms with Gasteiger partial charge in [-0.25, -0.2) is 0 Å². The second kappa shape index (κ2) is 5.78. The van der Waals surface area contributed by atoms with Crippen LogP contribution in [0.3, 0.4) is 0 Å². The maximum atomic E-state index is 12.8. The lowest BCUT2D eigenvalue weighted by molar-refractivity contribution is 0.0987. The van der Waals surface area contributed by atoms with Crippen molar-refractivity contribution in [3.05, 3.63) is 59.1 Å². The van der Waals surface area contributed by atoms with Crippen LogP contribution in [0.15, 0.2) is 48.5 Å². The summed E-state index contributed by atoms with van der Waals surface area (Å²) in [6, 6.07) is 15.2. The summed E-state index contributed by atoms with van der Waals surface area (Å²) in [4.78, 5) is 16.9. The van der Waals surface area contributed by atoms with Crippen LogP contribution >= 0.6 is 11.6 Å². The quantitative estimate of drug-likeness (QED) is 0.799. The number of fused-ring (bicyclic) bond motifs is 1. The second-order valence-electron chi connectivity index (χ2n) is 5.23. The Morgan fingerprint density at radius 1 is 1.05 bits per heavy atom. The van der Waals surface area contributed by atoms with Gasteiger partial charge in [-0.1, -0.05) is 29.8 Å². The highest BCUT2D eigenvalue weighted by Gasteiger charge is 2.23. The number of carbonyl (C=O) groups is 1. The minimum absolute atomic E-state index is 0.000231. The van der Waals surface area contributed by atoms with Crippen LogP contribution < -0.4 is 9.80 Å². The van der Waals surface area contributed by atoms with Crippen LogP contribution in [0.25, 0.3) is 0 Å². The molecule has 2 aromatic carbocycles. The van der Waals surface area contributed by atoms with E-state index < -0.39 is 0 Å². The Bertz CT molecular complexity index is 671. The van der Waals surface area contributed by atoms with E-state index in [0.29, 0.717) is 17.1 Å². The van der Waals surface area contributed by atoms with E-state index in [1.807, 2.05) is 35.2 Å². The molecule has 0 fully saturated rings. The minimum Gasteiger partial charge on any atom is -0.373 e. The highest BCUT2D eigenvalue weighted by molar-refractivity contribution is 6.31. The van der Waals surface area contributed by atoms with Crippen molar-refractivity contribution in [2.75, 3.05) is 29.9 Å². The van der Waals surface area contributed by atoms with Gasteiger partial charge in [0.25, 0.3) is 5.91 Å². The van der Waals surface area contributed by atoms with Gasteiger partial charge in [0.15, 0.2) is 0 Å². The van der Waals surface area contributed by atoms with Crippen LogP contribution in [0.5, 0.6) is 0 Å². The van der Waals surface area contributed by atoms with Crippen LogP contribution in [0.4, 0.5) is 11.4 Å². The highest BCUT2D eigenvalue weighted by atomic mass is 35.5. The molecular weight excluding hydrogens is 284 g/mol. The van der Waals surface area contributed by atoms with E-state index in [0.717, 1.165) is 24.3 Å². The Morgan fingerprint density at radius 2 is 1.81 bits per heavy atom. The molecule has 108 valence electrons. The molecule has 0 unspecified atom stereocenters. The van der Waals surface area contributed by atoms with E-state index >= 15 is 0 Å². The first-order valence-electron chi connectivity index (χ1n) is 7.04. The van der Waals surface area contributed by atoms with Gasteiger partial charge in [0.2, 0.25) is 0 Å². The number of halogens is 1. The van der Waals surface area contributed by atoms with E-state index in [-0.39, 0.29) is 5.91 Å². The third-order valence-electron chi connectivity index (χ3n) is 3.78. The summed E-state index contributed by atoms with van der Waals surface area (Å²) in [5.41, 5.74) is 2.68. The standard InChI is InChI=1S/C17H17ClN2O/c1-19-10-5-11-20(16-9-3-2-8-15(16)19)17(21)13-6-4-7-14(18)12-13/h2-4,6-9,12H,5,10-11H2,1H3. The van der Waals surface area contributed by atoms with E-state index in [1.165, 1.54) is 0 Å². The van der Waals surface area contributed by atoms with Crippen molar-refractivity contribution < 1.29 is 4.79 Å². The van der Waals surface area contributed by atoms with Crippen LogP contribution in [0, 0.1) is 0 Å². The van der Waals surface area contributed by atoms with Gasteiger partial charge in [0.05, 0.1) is 11.4 Å². The molecule has 1 aliphatic heterocycles. The molecule has 3 rings (SSSR count). The monoisotopic (exact) mass is 300 g/mol. The Balaban J connectivity index is 2.02. The number of amides is 1. The van der Waals surface area contributed by atoms with Crippen molar-refractivity contribution in [1.82, 2.24) is 0 Å². The average Bonchev–Trinajstić information content (AvgIpc) is 2.66. The van der Waals surface area contributed by atoms with Gasteiger partial charge < -0.3 is 9.80 Å². The highest BCUT2D eigenvalue weighted by Crippen LogP contribution is 2.32. The maximum Gasteiger partial charge on any atom is 0.258 e. The molecule has 0 radical (unpaired) electrons. The molecule has 1 aliphatic rings. The number of hydrogen-bond donors (Lipinski definition) is 0. The Morgan fingerprint density at radius 3 is 2.57 bits per heavy atom. The molecule has 0 saturated carbocycles. The molecular formula is C17H17ClN2O. The summed E-state index contributed by atoms with van der Waals surface area (Å²) < 4.78 is 0. The second-order valence-corrected chi connectivity index (χ2v) is 5.67. The third kappa shape index (κ3) is 2.74. The van der Waals surface area contributed by atoms with Crippen molar-refractivity contribution in [3.8, 4) is 0 Å². The van der Waals surface area contributed by atoms with Crippen LogP contribution in [0.1, 0.15) is 16.8 Å². The number of para-hydroxylation sites is 2. The molecule has 4 heteroatoms. The molecule has 0 spiro atoms. The summed E-state index contributed by atoms with van der Waals surface area (Å²) in [7, 11) is 2.06. The summed E-state index contributed by atoms with van der Waals surface area (Å²) in [6.45, 7) is 1.66. The SMILES string of the molecule is CN1CCCN(C(=O)c2cccc(Cl)c2)c2ccccc21. The van der Waals surface area contributed by atoms with Gasteiger partial charge in [-0.15, -0.1) is 0 Å². The van der Waals surface area contributed by atoms with Crippen LogP contribution in [-0.4, -0.2) is 26.0 Å². The number of benzene rings is 2. The number of anilines is 2. The summed E-state index contributed by atoms with van der Waals surface area (Å²) in [5, 5.41) is 0.584. The van der Waals surface area contributed by atoms with Crippen molar-refractivity contribution in [3.63, 3.8) is 0 Å². The largest absolute Gasteiger partial charge is 0.373 e. The van der Waals surface area contributed by atoms with Gasteiger partial charge in [-0.2, -0.15) is 0 Å². The summed E-state index contributed by atoms with van der Waals surface area (Å²) in [6.07, 6.45) is 0.942. The fourth-order valence-electron chi connectivity index (χ4n) is 2.71. The molecule has 0 atom stereocenters. The van der Waals surface area contributed by atoms with E-state index in [1.54, 1.807) is 12.1 Å². The summed E-state index contributed by atoms with van der Waals surface area (Å²) >= 11 is 6.00. The van der Waals surface area contributed by atoms with Crippen molar-refractivity contribution in [1.29, 1.82) is 0 Å². The van der Waals surface area contributed by atoms with E-state index in [4.69, 9.17) is 11.6 Å². The zero-order chi connectivity index (χ0) is 14.8. The van der Waals surface area contributed by atoms with Crippen molar-refractivity contribution in [2.45, 2.75) is 6.42 Å². The first-order chi connectivity index (χ1) is 10.2. The van der Waals surface area contributed by atoms with Crippen molar-refractivity contribution >= 4 is 28.9 Å². The summed E-state index contributed by atoms with van der Waals surface area (Å²) in [5.74, 6) is 0.000231. The first-order valence-corrected chi connectivity index (χ1v) is 7.42. The van der Waals surface area contributed by atoms with Crippen LogP contribution in [-0.2, 0) is 0 Å². The lowest BCUT2D eigenvalue weighted by atomic mass is 10.1. The van der Waals surface area contributed by atoms with E-state index in [2.05, 4.69) is 18.0 Å². The Labute approximate surface area is 129 Å². The van der Waals surface area contributed by atoms with Gasteiger partial charge in [-0.3, -0.25) is 4.79 Å². The molecule has 0 aliphatic carbocycles. The fourth-order valence-corrected chi connectivity index (χ4v) is 2.90. The molecule has 0 N–H and O–H groups in total. The first kappa shape index (κ1) is 14.0. The Hall–Kier alpha value is -2.00. The molecule has 0 saturated heterocycles. The number of carbonyl (C=O) groups excluding carboxylic acids is 1. The zero-order valence-corrected chi connectivity index (χ0v) is 12.7. The zero-order valence-electron chi connectivity index (χ0n) is 11.9. The van der Waals surface area contributed by atoms with Crippen molar-refractivity contribution in [2.24, 2.45) is 0 Å². The smallest absolute Gasteiger partial charge is 0.258 e. The molecule has 1 heterocycles. The molecule has 2 aromatic rings. The fraction of sp³-hybridized carbons (Fsp3) is 0.235. The molecule has 1 amide bonds. The molecule has 21 heavy (non-hydrogen) atoms. The van der Waals surface area contributed by atoms with E-state index in [9.17, 15) is 4.79 Å². The minimum atomic E-state index is 0.000231.